The SMILES string of the molecule is COc1ccc([C@H]2CN(C(=O)c3ccc(=O)[nH]n3)CCN2C)cc1. The number of H-pyrrole nitrogens is 1. The summed E-state index contributed by atoms with van der Waals surface area (Å²) in [5.41, 5.74) is 1.07. The van der Waals surface area contributed by atoms with Crippen LogP contribution in [0.15, 0.2) is 41.2 Å². The summed E-state index contributed by atoms with van der Waals surface area (Å²) in [7, 11) is 3.69. The van der Waals surface area contributed by atoms with Gasteiger partial charge in [-0.25, -0.2) is 5.10 Å². The van der Waals surface area contributed by atoms with E-state index in [-0.39, 0.29) is 23.2 Å². The second-order valence-corrected chi connectivity index (χ2v) is 5.83. The fraction of sp³-hybridized carbons (Fsp3) is 0.353. The minimum Gasteiger partial charge on any atom is -0.497 e. The Bertz CT molecular complexity index is 752. The first-order chi connectivity index (χ1) is 11.6. The van der Waals surface area contributed by atoms with Crippen molar-refractivity contribution in [3.63, 3.8) is 0 Å². The lowest BCUT2D eigenvalue weighted by atomic mass is 10.0. The summed E-state index contributed by atoms with van der Waals surface area (Å²) >= 11 is 0. The van der Waals surface area contributed by atoms with Crippen LogP contribution in [0.3, 0.4) is 0 Å². The van der Waals surface area contributed by atoms with Crippen molar-refractivity contribution in [1.29, 1.82) is 0 Å². The van der Waals surface area contributed by atoms with Crippen LogP contribution in [0.2, 0.25) is 0 Å². The van der Waals surface area contributed by atoms with Crippen LogP contribution in [-0.2, 0) is 0 Å². The van der Waals surface area contributed by atoms with E-state index in [9.17, 15) is 9.59 Å². The molecule has 1 amide bonds. The van der Waals surface area contributed by atoms with Crippen LogP contribution >= 0.6 is 0 Å². The van der Waals surface area contributed by atoms with Crippen LogP contribution in [0.5, 0.6) is 5.75 Å². The zero-order valence-corrected chi connectivity index (χ0v) is 13.7. The van der Waals surface area contributed by atoms with Gasteiger partial charge in [0.15, 0.2) is 0 Å². The highest BCUT2D eigenvalue weighted by atomic mass is 16.5. The minimum atomic E-state index is -0.318. The van der Waals surface area contributed by atoms with Gasteiger partial charge in [0.2, 0.25) is 0 Å². The lowest BCUT2D eigenvalue weighted by Gasteiger charge is -2.39. The number of benzene rings is 1. The molecule has 7 nitrogen and oxygen atoms in total. The zero-order chi connectivity index (χ0) is 17.1. The Kier molecular flexibility index (Phi) is 4.61. The molecular weight excluding hydrogens is 308 g/mol. The van der Waals surface area contributed by atoms with E-state index in [1.807, 2.05) is 24.3 Å². The molecule has 1 N–H and O–H groups in total. The maximum absolute atomic E-state index is 12.6. The second kappa shape index (κ2) is 6.84. The van der Waals surface area contributed by atoms with Gasteiger partial charge in [-0.1, -0.05) is 12.1 Å². The fourth-order valence-electron chi connectivity index (χ4n) is 2.87. The van der Waals surface area contributed by atoms with E-state index in [2.05, 4.69) is 22.1 Å². The largest absolute Gasteiger partial charge is 0.497 e. The molecule has 2 aromatic rings. The number of hydrogen-bond acceptors (Lipinski definition) is 5. The third-order valence-corrected chi connectivity index (χ3v) is 4.33. The summed E-state index contributed by atoms with van der Waals surface area (Å²) in [6, 6.07) is 10.8. The number of carbonyl (C=O) groups is 1. The molecule has 3 rings (SSSR count). The molecule has 7 heteroatoms. The number of aromatic nitrogens is 2. The van der Waals surface area contributed by atoms with Crippen LogP contribution in [0.4, 0.5) is 0 Å². The van der Waals surface area contributed by atoms with Gasteiger partial charge in [0.05, 0.1) is 13.2 Å². The lowest BCUT2D eigenvalue weighted by molar-refractivity contribution is 0.0539. The van der Waals surface area contributed by atoms with Crippen molar-refractivity contribution in [3.8, 4) is 5.75 Å². The summed E-state index contributed by atoms with van der Waals surface area (Å²) in [5.74, 6) is 0.639. The number of carbonyl (C=O) groups excluding carboxylic acids is 1. The van der Waals surface area contributed by atoms with Gasteiger partial charge in [0, 0.05) is 25.7 Å². The van der Waals surface area contributed by atoms with Gasteiger partial charge in [-0.3, -0.25) is 14.5 Å². The van der Waals surface area contributed by atoms with E-state index in [4.69, 9.17) is 4.74 Å². The van der Waals surface area contributed by atoms with Crippen molar-refractivity contribution in [2.45, 2.75) is 6.04 Å². The predicted octanol–water partition coefficient (Wildman–Crippen LogP) is 0.907. The lowest BCUT2D eigenvalue weighted by Crippen LogP contribution is -2.49. The Balaban J connectivity index is 1.78. The van der Waals surface area contributed by atoms with Crippen LogP contribution < -0.4 is 10.3 Å². The standard InChI is InChI=1S/C17H20N4O3/c1-20-9-10-21(17(23)14-7-8-16(22)19-18-14)11-15(20)12-3-5-13(24-2)6-4-12/h3-8,15H,9-11H2,1-2H3,(H,19,22)/t15-/m1/s1. The second-order valence-electron chi connectivity index (χ2n) is 5.83. The first-order valence-electron chi connectivity index (χ1n) is 7.77. The molecule has 1 saturated heterocycles. The molecule has 0 spiro atoms. The number of nitrogens with one attached hydrogen (secondary N) is 1. The van der Waals surface area contributed by atoms with E-state index >= 15 is 0 Å². The van der Waals surface area contributed by atoms with Gasteiger partial charge in [-0.15, -0.1) is 0 Å². The summed E-state index contributed by atoms with van der Waals surface area (Å²) in [6.07, 6.45) is 0. The Labute approximate surface area is 139 Å². The molecule has 0 saturated carbocycles. The van der Waals surface area contributed by atoms with Crippen molar-refractivity contribution in [3.05, 3.63) is 58.0 Å². The number of piperazine rings is 1. The average Bonchev–Trinajstić information content (AvgIpc) is 2.62. The molecule has 1 aromatic heterocycles. The minimum absolute atomic E-state index is 0.108. The quantitative estimate of drug-likeness (QED) is 0.906. The molecule has 1 aromatic carbocycles. The van der Waals surface area contributed by atoms with E-state index in [0.29, 0.717) is 13.1 Å². The molecule has 1 aliphatic heterocycles. The number of hydrogen-bond donors (Lipinski definition) is 1. The topological polar surface area (TPSA) is 78.5 Å². The van der Waals surface area contributed by atoms with Crippen molar-refractivity contribution in [1.82, 2.24) is 20.0 Å². The van der Waals surface area contributed by atoms with Gasteiger partial charge in [0.25, 0.3) is 11.5 Å². The van der Waals surface area contributed by atoms with Gasteiger partial charge in [0.1, 0.15) is 11.4 Å². The molecule has 2 heterocycles. The Morgan fingerprint density at radius 2 is 1.96 bits per heavy atom. The number of methoxy groups -OCH3 is 1. The van der Waals surface area contributed by atoms with Crippen molar-refractivity contribution < 1.29 is 9.53 Å². The Morgan fingerprint density at radius 1 is 1.21 bits per heavy atom. The monoisotopic (exact) mass is 328 g/mol. The van der Waals surface area contributed by atoms with Gasteiger partial charge < -0.3 is 9.64 Å². The van der Waals surface area contributed by atoms with Crippen molar-refractivity contribution in [2.75, 3.05) is 33.8 Å². The van der Waals surface area contributed by atoms with Crippen LogP contribution in [0.25, 0.3) is 0 Å². The number of rotatable bonds is 3. The number of likely N-dealkylation sites (N-methyl/N-ethyl adjacent to an activating group) is 1. The molecule has 24 heavy (non-hydrogen) atoms. The van der Waals surface area contributed by atoms with Crippen LogP contribution in [0, 0.1) is 0 Å². The molecule has 0 bridgehead atoms. The molecule has 1 atom stereocenters. The summed E-state index contributed by atoms with van der Waals surface area (Å²) in [5, 5.41) is 6.14. The summed E-state index contributed by atoms with van der Waals surface area (Å²) in [4.78, 5) is 27.7. The molecule has 126 valence electrons. The number of aromatic amines is 1. The maximum atomic E-state index is 12.6. The fourth-order valence-corrected chi connectivity index (χ4v) is 2.87. The van der Waals surface area contributed by atoms with E-state index in [1.54, 1.807) is 12.0 Å². The highest BCUT2D eigenvalue weighted by molar-refractivity contribution is 5.92. The van der Waals surface area contributed by atoms with Gasteiger partial charge in [-0.05, 0) is 30.8 Å². The zero-order valence-electron chi connectivity index (χ0n) is 13.7. The first kappa shape index (κ1) is 16.2. The highest BCUT2D eigenvalue weighted by Crippen LogP contribution is 2.26. The predicted molar refractivity (Wildman–Crippen MR) is 89.1 cm³/mol. The average molecular weight is 328 g/mol. The molecular formula is C17H20N4O3. The van der Waals surface area contributed by atoms with Gasteiger partial charge >= 0.3 is 0 Å². The summed E-state index contributed by atoms with van der Waals surface area (Å²) < 4.78 is 5.19. The molecule has 0 aliphatic carbocycles. The normalized spacial score (nSPS) is 18.4. The summed E-state index contributed by atoms with van der Waals surface area (Å²) in [6.45, 7) is 1.97. The Morgan fingerprint density at radius 3 is 2.58 bits per heavy atom. The Hall–Kier alpha value is -2.67. The molecule has 0 unspecified atom stereocenters. The van der Waals surface area contributed by atoms with E-state index < -0.39 is 0 Å². The molecule has 1 aliphatic rings. The third kappa shape index (κ3) is 3.30. The van der Waals surface area contributed by atoms with Crippen LogP contribution in [-0.4, -0.2) is 59.7 Å². The number of amides is 1. The maximum Gasteiger partial charge on any atom is 0.274 e. The highest BCUT2D eigenvalue weighted by Gasteiger charge is 2.29. The number of ether oxygens (including phenoxy) is 1. The first-order valence-corrected chi connectivity index (χ1v) is 7.77. The smallest absolute Gasteiger partial charge is 0.274 e. The van der Waals surface area contributed by atoms with Crippen molar-refractivity contribution in [2.24, 2.45) is 0 Å². The molecule has 0 radical (unpaired) electrons. The molecule has 1 fully saturated rings. The van der Waals surface area contributed by atoms with E-state index in [1.165, 1.54) is 12.1 Å². The van der Waals surface area contributed by atoms with E-state index in [0.717, 1.165) is 17.9 Å². The van der Waals surface area contributed by atoms with Crippen molar-refractivity contribution >= 4 is 5.91 Å². The van der Waals surface area contributed by atoms with Gasteiger partial charge in [-0.2, -0.15) is 5.10 Å². The van der Waals surface area contributed by atoms with Crippen LogP contribution in [0.1, 0.15) is 22.1 Å². The number of nitrogens with zero attached hydrogens (tertiary/aromatic N) is 3. The third-order valence-electron chi connectivity index (χ3n) is 4.33.